The van der Waals surface area contributed by atoms with Gasteiger partial charge in [-0.25, -0.2) is 0 Å². The van der Waals surface area contributed by atoms with Crippen LogP contribution in [0.1, 0.15) is 30.9 Å². The first-order valence-electron chi connectivity index (χ1n) is 10.3. The summed E-state index contributed by atoms with van der Waals surface area (Å²) in [5.41, 5.74) is 2.79. The Hall–Kier alpha value is -2.30. The molecule has 0 spiro atoms. The highest BCUT2D eigenvalue weighted by molar-refractivity contribution is 6.36. The number of benzene rings is 2. The van der Waals surface area contributed by atoms with E-state index in [1.165, 1.54) is 4.90 Å². The molecule has 0 radical (unpaired) electrons. The maximum atomic E-state index is 13.4. The van der Waals surface area contributed by atoms with Crippen LogP contribution in [0.15, 0.2) is 54.2 Å². The minimum atomic E-state index is -0.232. The van der Waals surface area contributed by atoms with E-state index in [0.717, 1.165) is 37.1 Å². The molecule has 1 fully saturated rings. The van der Waals surface area contributed by atoms with Crippen molar-refractivity contribution >= 4 is 40.6 Å². The van der Waals surface area contributed by atoms with Gasteiger partial charge in [0, 0.05) is 29.7 Å². The highest BCUT2D eigenvalue weighted by atomic mass is 35.5. The molecule has 2 aliphatic heterocycles. The van der Waals surface area contributed by atoms with Crippen molar-refractivity contribution in [3.63, 3.8) is 0 Å². The van der Waals surface area contributed by atoms with Gasteiger partial charge in [0.05, 0.1) is 5.57 Å². The number of nitrogens with zero attached hydrogens (tertiary/aromatic N) is 2. The van der Waals surface area contributed by atoms with Crippen LogP contribution in [0.3, 0.4) is 0 Å². The Labute approximate surface area is 187 Å². The van der Waals surface area contributed by atoms with Crippen LogP contribution in [-0.2, 0) is 16.0 Å². The molecule has 0 saturated carbocycles. The van der Waals surface area contributed by atoms with Crippen LogP contribution in [0.2, 0.25) is 10.0 Å². The molecule has 156 valence electrons. The molecule has 2 aromatic rings. The number of imide groups is 1. The minimum Gasteiger partial charge on any atom is -0.366 e. The van der Waals surface area contributed by atoms with Gasteiger partial charge in [-0.15, -0.1) is 0 Å². The minimum absolute atomic E-state index is 0.201. The van der Waals surface area contributed by atoms with E-state index in [4.69, 9.17) is 23.2 Å². The third kappa shape index (κ3) is 4.26. The summed E-state index contributed by atoms with van der Waals surface area (Å²) in [6.45, 7) is 4.11. The molecule has 0 bridgehead atoms. The monoisotopic (exact) mass is 442 g/mol. The lowest BCUT2D eigenvalue weighted by molar-refractivity contribution is -0.137. The fraction of sp³-hybridized carbons (Fsp3) is 0.333. The van der Waals surface area contributed by atoms with Crippen molar-refractivity contribution in [3.05, 3.63) is 75.4 Å². The molecule has 4 rings (SSSR count). The Kier molecular flexibility index (Phi) is 6.16. The molecule has 2 heterocycles. The van der Waals surface area contributed by atoms with E-state index in [1.54, 1.807) is 12.1 Å². The molecule has 2 aromatic carbocycles. The second-order valence-electron chi connectivity index (χ2n) is 8.06. The fourth-order valence-electron chi connectivity index (χ4n) is 4.22. The van der Waals surface area contributed by atoms with Gasteiger partial charge in [-0.1, -0.05) is 54.4 Å². The topological polar surface area (TPSA) is 40.6 Å². The van der Waals surface area contributed by atoms with Gasteiger partial charge in [-0.05, 0) is 60.6 Å². The summed E-state index contributed by atoms with van der Waals surface area (Å²) >= 11 is 12.0. The van der Waals surface area contributed by atoms with Gasteiger partial charge in [0.15, 0.2) is 0 Å². The SMILES string of the molecule is CC1CCCN(C2=C(c3ccc(Cl)cc3)C(=O)N(CCc3ccc(Cl)cc3)C2=O)C1. The number of carbonyl (C=O) groups is 2. The number of amides is 2. The van der Waals surface area contributed by atoms with Crippen LogP contribution in [0.5, 0.6) is 0 Å². The van der Waals surface area contributed by atoms with Crippen LogP contribution < -0.4 is 0 Å². The molecule has 0 aliphatic carbocycles. The largest absolute Gasteiger partial charge is 0.366 e. The predicted molar refractivity (Wildman–Crippen MR) is 120 cm³/mol. The first-order chi connectivity index (χ1) is 14.4. The van der Waals surface area contributed by atoms with Crippen LogP contribution in [0, 0.1) is 5.92 Å². The molecular formula is C24H24Cl2N2O2. The fourth-order valence-corrected chi connectivity index (χ4v) is 4.47. The average Bonchev–Trinajstić information content (AvgIpc) is 2.98. The standard InChI is InChI=1S/C24H24Cl2N2O2/c1-16-3-2-13-27(15-16)22-21(18-6-10-20(26)11-7-18)23(29)28(24(22)30)14-12-17-4-8-19(25)9-5-17/h4-11,16H,2-3,12-15H2,1H3. The van der Waals surface area contributed by atoms with Crippen LogP contribution >= 0.6 is 23.2 Å². The Morgan fingerprint density at radius 1 is 0.933 bits per heavy atom. The van der Waals surface area contributed by atoms with E-state index >= 15 is 0 Å². The predicted octanol–water partition coefficient (Wildman–Crippen LogP) is 5.05. The van der Waals surface area contributed by atoms with Crippen molar-refractivity contribution in [1.82, 2.24) is 9.80 Å². The summed E-state index contributed by atoms with van der Waals surface area (Å²) in [6, 6.07) is 14.6. The van der Waals surface area contributed by atoms with Gasteiger partial charge < -0.3 is 4.90 Å². The molecular weight excluding hydrogens is 419 g/mol. The zero-order chi connectivity index (χ0) is 21.3. The summed E-state index contributed by atoms with van der Waals surface area (Å²) in [7, 11) is 0. The molecule has 1 unspecified atom stereocenters. The van der Waals surface area contributed by atoms with Crippen LogP contribution in [-0.4, -0.2) is 41.2 Å². The molecule has 30 heavy (non-hydrogen) atoms. The first-order valence-corrected chi connectivity index (χ1v) is 11.1. The molecule has 0 aromatic heterocycles. The van der Waals surface area contributed by atoms with Crippen LogP contribution in [0.4, 0.5) is 0 Å². The molecule has 0 N–H and O–H groups in total. The van der Waals surface area contributed by atoms with Gasteiger partial charge in [-0.3, -0.25) is 14.5 Å². The van der Waals surface area contributed by atoms with Crippen molar-refractivity contribution in [2.75, 3.05) is 19.6 Å². The lowest BCUT2D eigenvalue weighted by Gasteiger charge is -2.33. The Morgan fingerprint density at radius 3 is 2.20 bits per heavy atom. The van der Waals surface area contributed by atoms with Gasteiger partial charge in [0.25, 0.3) is 11.8 Å². The van der Waals surface area contributed by atoms with E-state index in [0.29, 0.717) is 40.2 Å². The summed E-state index contributed by atoms with van der Waals surface area (Å²) < 4.78 is 0. The van der Waals surface area contributed by atoms with E-state index in [9.17, 15) is 9.59 Å². The van der Waals surface area contributed by atoms with Gasteiger partial charge >= 0.3 is 0 Å². The Bertz CT molecular complexity index is 983. The van der Waals surface area contributed by atoms with Gasteiger partial charge in [0.2, 0.25) is 0 Å². The zero-order valence-electron chi connectivity index (χ0n) is 16.9. The highest BCUT2D eigenvalue weighted by Gasteiger charge is 2.41. The number of halogens is 2. The number of rotatable bonds is 5. The van der Waals surface area contributed by atoms with Crippen molar-refractivity contribution in [3.8, 4) is 0 Å². The quantitative estimate of drug-likeness (QED) is 0.608. The lowest BCUT2D eigenvalue weighted by Crippen LogP contribution is -2.39. The Balaban J connectivity index is 1.64. The second-order valence-corrected chi connectivity index (χ2v) is 8.94. The normalized spacial score (nSPS) is 19.8. The van der Waals surface area contributed by atoms with E-state index in [-0.39, 0.29) is 11.8 Å². The van der Waals surface area contributed by atoms with Crippen molar-refractivity contribution in [1.29, 1.82) is 0 Å². The third-order valence-electron chi connectivity index (χ3n) is 5.79. The first kappa shape index (κ1) is 21.0. The maximum Gasteiger partial charge on any atom is 0.277 e. The molecule has 6 heteroatoms. The zero-order valence-corrected chi connectivity index (χ0v) is 18.4. The number of likely N-dealkylation sites (tertiary alicyclic amines) is 1. The summed E-state index contributed by atoms with van der Waals surface area (Å²) in [5.74, 6) is 0.0567. The number of hydrogen-bond donors (Lipinski definition) is 0. The molecule has 1 atom stereocenters. The maximum absolute atomic E-state index is 13.4. The van der Waals surface area contributed by atoms with Crippen molar-refractivity contribution in [2.45, 2.75) is 26.2 Å². The Morgan fingerprint density at radius 2 is 1.57 bits per heavy atom. The number of carbonyl (C=O) groups excluding carboxylic acids is 2. The molecule has 2 amide bonds. The van der Waals surface area contributed by atoms with Crippen molar-refractivity contribution < 1.29 is 9.59 Å². The van der Waals surface area contributed by atoms with Gasteiger partial charge in [0.1, 0.15) is 5.70 Å². The smallest absolute Gasteiger partial charge is 0.277 e. The van der Waals surface area contributed by atoms with Gasteiger partial charge in [-0.2, -0.15) is 0 Å². The molecule has 2 aliphatic rings. The van der Waals surface area contributed by atoms with E-state index in [2.05, 4.69) is 11.8 Å². The number of hydrogen-bond acceptors (Lipinski definition) is 3. The highest BCUT2D eigenvalue weighted by Crippen LogP contribution is 2.34. The average molecular weight is 443 g/mol. The van der Waals surface area contributed by atoms with E-state index in [1.807, 2.05) is 36.4 Å². The lowest BCUT2D eigenvalue weighted by atomic mass is 9.98. The third-order valence-corrected chi connectivity index (χ3v) is 6.29. The van der Waals surface area contributed by atoms with Crippen molar-refractivity contribution in [2.24, 2.45) is 5.92 Å². The summed E-state index contributed by atoms with van der Waals surface area (Å²) in [5, 5.41) is 1.27. The number of piperidine rings is 1. The van der Waals surface area contributed by atoms with Crippen LogP contribution in [0.25, 0.3) is 5.57 Å². The summed E-state index contributed by atoms with van der Waals surface area (Å²) in [4.78, 5) is 30.3. The molecule has 1 saturated heterocycles. The molecule has 4 nitrogen and oxygen atoms in total. The van der Waals surface area contributed by atoms with E-state index < -0.39 is 0 Å². The second kappa shape index (κ2) is 8.83. The summed E-state index contributed by atoms with van der Waals surface area (Å²) in [6.07, 6.45) is 2.75.